The molecule has 1 aromatic rings. The van der Waals surface area contributed by atoms with Crippen LogP contribution in [-0.2, 0) is 16.6 Å². The summed E-state index contributed by atoms with van der Waals surface area (Å²) in [5.41, 5.74) is 1.21. The fourth-order valence-corrected chi connectivity index (χ4v) is 5.05. The first kappa shape index (κ1) is 21.1. The van der Waals surface area contributed by atoms with Crippen molar-refractivity contribution in [2.24, 2.45) is 16.8 Å². The number of rotatable bonds is 6. The number of thiazole rings is 1. The number of fused-ring (bicyclic) bond motifs is 2. The minimum absolute atomic E-state index is 0.0170. The van der Waals surface area contributed by atoms with Crippen LogP contribution in [0.3, 0.4) is 0 Å². The monoisotopic (exact) mass is 405 g/mol. The number of nitrogens with one attached hydrogen (secondary N) is 2. The predicted octanol–water partition coefficient (Wildman–Crippen LogP) is 2.80. The highest BCUT2D eigenvalue weighted by atomic mass is 32.1. The van der Waals surface area contributed by atoms with Crippen LogP contribution < -0.4 is 10.6 Å². The van der Waals surface area contributed by atoms with E-state index in [1.807, 2.05) is 0 Å². The molecule has 6 nitrogen and oxygen atoms in total. The molecule has 0 aliphatic heterocycles. The van der Waals surface area contributed by atoms with E-state index in [0.717, 1.165) is 36.5 Å². The highest BCUT2D eigenvalue weighted by molar-refractivity contribution is 7.09. The van der Waals surface area contributed by atoms with E-state index in [-0.39, 0.29) is 17.9 Å². The number of carbonyl (C=O) groups excluding carboxylic acids is 1. The molecule has 2 fully saturated rings. The summed E-state index contributed by atoms with van der Waals surface area (Å²) < 4.78 is 0. The van der Waals surface area contributed by atoms with Crippen LogP contribution in [-0.4, -0.2) is 55.0 Å². The predicted molar refractivity (Wildman–Crippen MR) is 116 cm³/mol. The summed E-state index contributed by atoms with van der Waals surface area (Å²) in [5, 5.41) is 10.4. The number of aliphatic imine (C=N–C) groups is 1. The highest BCUT2D eigenvalue weighted by Gasteiger charge is 2.39. The summed E-state index contributed by atoms with van der Waals surface area (Å²) in [7, 11) is 3.53. The van der Waals surface area contributed by atoms with E-state index in [9.17, 15) is 4.79 Å². The van der Waals surface area contributed by atoms with Crippen LogP contribution >= 0.6 is 11.3 Å². The van der Waals surface area contributed by atoms with Crippen molar-refractivity contribution in [3.8, 4) is 0 Å². The number of hydrogen-bond acceptors (Lipinski definition) is 4. The van der Waals surface area contributed by atoms with Gasteiger partial charge < -0.3 is 15.5 Å². The minimum atomic E-state index is 0.0170. The summed E-state index contributed by atoms with van der Waals surface area (Å²) in [6.45, 7) is 7.52. The lowest BCUT2D eigenvalue weighted by Crippen LogP contribution is -2.46. The number of likely N-dealkylation sites (N-methyl/N-ethyl adjacent to an activating group) is 1. The van der Waals surface area contributed by atoms with Crippen LogP contribution in [0.2, 0.25) is 0 Å². The smallest absolute Gasteiger partial charge is 0.243 e. The van der Waals surface area contributed by atoms with E-state index < -0.39 is 0 Å². The maximum atomic E-state index is 12.0. The van der Waals surface area contributed by atoms with Gasteiger partial charge in [0.15, 0.2) is 5.96 Å². The average molecular weight is 406 g/mol. The zero-order chi connectivity index (χ0) is 20.3. The van der Waals surface area contributed by atoms with Crippen LogP contribution in [0.1, 0.15) is 57.2 Å². The maximum Gasteiger partial charge on any atom is 0.243 e. The third-order valence-corrected chi connectivity index (χ3v) is 7.12. The van der Waals surface area contributed by atoms with E-state index in [2.05, 4.69) is 41.8 Å². The Morgan fingerprint density at radius 3 is 2.68 bits per heavy atom. The number of nitrogens with zero attached hydrogens (tertiary/aromatic N) is 3. The molecule has 0 radical (unpaired) electrons. The molecule has 2 aliphatic rings. The SMILES string of the molecule is CN(C)C(=O)CN=C(NCCc1csc(C(C)(C)C)n1)NC1CC2CCC1C2. The number of carbonyl (C=O) groups is 1. The molecule has 2 N–H and O–H groups in total. The van der Waals surface area contributed by atoms with Gasteiger partial charge in [-0.15, -0.1) is 11.3 Å². The standard InChI is InChI=1S/C21H35N5OS/c1-21(2,3)19-24-16(13-28-19)8-9-22-20(23-12-18(27)26(4)5)25-17-11-14-6-7-15(17)10-14/h13-15,17H,6-12H2,1-5H3,(H2,22,23,25). The molecule has 7 heteroatoms. The van der Waals surface area contributed by atoms with Crippen molar-refractivity contribution < 1.29 is 4.79 Å². The quantitative estimate of drug-likeness (QED) is 0.564. The lowest BCUT2D eigenvalue weighted by Gasteiger charge is -2.25. The maximum absolute atomic E-state index is 12.0. The first-order valence-electron chi connectivity index (χ1n) is 10.4. The molecule has 1 aromatic heterocycles. The van der Waals surface area contributed by atoms with Gasteiger partial charge in [0.2, 0.25) is 5.91 Å². The molecule has 1 amide bonds. The number of aromatic nitrogens is 1. The molecule has 2 saturated carbocycles. The number of hydrogen-bond donors (Lipinski definition) is 2. The largest absolute Gasteiger partial charge is 0.356 e. The Hall–Kier alpha value is -1.63. The Bertz CT molecular complexity index is 706. The topological polar surface area (TPSA) is 69.6 Å². The molecular weight excluding hydrogens is 370 g/mol. The second kappa shape index (κ2) is 8.80. The van der Waals surface area contributed by atoms with Gasteiger partial charge in [0, 0.05) is 43.9 Å². The Labute approximate surface area is 173 Å². The molecule has 2 aliphatic carbocycles. The average Bonchev–Trinajstić information content (AvgIpc) is 3.35. The van der Waals surface area contributed by atoms with E-state index in [4.69, 9.17) is 4.98 Å². The van der Waals surface area contributed by atoms with Gasteiger partial charge in [-0.05, 0) is 31.1 Å². The zero-order valence-electron chi connectivity index (χ0n) is 17.9. The van der Waals surface area contributed by atoms with E-state index >= 15 is 0 Å². The van der Waals surface area contributed by atoms with Crippen LogP contribution in [0.25, 0.3) is 0 Å². The number of amides is 1. The Morgan fingerprint density at radius 1 is 1.32 bits per heavy atom. The van der Waals surface area contributed by atoms with Crippen molar-refractivity contribution in [3.05, 3.63) is 16.1 Å². The zero-order valence-corrected chi connectivity index (χ0v) is 18.7. The molecule has 28 heavy (non-hydrogen) atoms. The van der Waals surface area contributed by atoms with E-state index in [1.54, 1.807) is 30.3 Å². The number of guanidine groups is 1. The van der Waals surface area contributed by atoms with Gasteiger partial charge in [-0.1, -0.05) is 27.2 Å². The van der Waals surface area contributed by atoms with Gasteiger partial charge >= 0.3 is 0 Å². The van der Waals surface area contributed by atoms with Crippen LogP contribution in [0.5, 0.6) is 0 Å². The van der Waals surface area contributed by atoms with Gasteiger partial charge in [-0.25, -0.2) is 9.98 Å². The van der Waals surface area contributed by atoms with Crippen LogP contribution in [0, 0.1) is 11.8 Å². The summed E-state index contributed by atoms with van der Waals surface area (Å²) in [4.78, 5) is 22.9. The lowest BCUT2D eigenvalue weighted by atomic mass is 9.95. The van der Waals surface area contributed by atoms with E-state index in [0.29, 0.717) is 6.04 Å². The molecule has 3 rings (SSSR count). The van der Waals surface area contributed by atoms with Gasteiger partial charge in [-0.3, -0.25) is 4.79 Å². The van der Waals surface area contributed by atoms with Gasteiger partial charge in [0.25, 0.3) is 0 Å². The van der Waals surface area contributed by atoms with Crippen molar-refractivity contribution in [2.45, 2.75) is 64.3 Å². The lowest BCUT2D eigenvalue weighted by molar-refractivity contribution is -0.127. The Morgan fingerprint density at radius 2 is 2.11 bits per heavy atom. The van der Waals surface area contributed by atoms with Gasteiger partial charge in [0.1, 0.15) is 6.54 Å². The van der Waals surface area contributed by atoms with Crippen LogP contribution in [0.4, 0.5) is 0 Å². The fourth-order valence-electron chi connectivity index (χ4n) is 4.11. The van der Waals surface area contributed by atoms with Crippen molar-refractivity contribution in [2.75, 3.05) is 27.2 Å². The molecule has 156 valence electrons. The first-order chi connectivity index (χ1) is 13.2. The summed E-state index contributed by atoms with van der Waals surface area (Å²) in [6.07, 6.45) is 6.12. The fraction of sp³-hybridized carbons (Fsp3) is 0.762. The van der Waals surface area contributed by atoms with E-state index in [1.165, 1.54) is 30.7 Å². The second-order valence-electron chi connectivity index (χ2n) is 9.45. The third-order valence-electron chi connectivity index (χ3n) is 5.80. The minimum Gasteiger partial charge on any atom is -0.356 e. The van der Waals surface area contributed by atoms with Gasteiger partial charge in [0.05, 0.1) is 10.7 Å². The van der Waals surface area contributed by atoms with Crippen molar-refractivity contribution >= 4 is 23.2 Å². The highest BCUT2D eigenvalue weighted by Crippen LogP contribution is 2.44. The van der Waals surface area contributed by atoms with Crippen molar-refractivity contribution in [3.63, 3.8) is 0 Å². The molecule has 0 spiro atoms. The summed E-state index contributed by atoms with van der Waals surface area (Å²) >= 11 is 1.73. The Kier molecular flexibility index (Phi) is 6.63. The normalized spacial score (nSPS) is 24.5. The molecular formula is C21H35N5OS. The van der Waals surface area contributed by atoms with Crippen LogP contribution in [0.15, 0.2) is 10.4 Å². The molecule has 2 bridgehead atoms. The summed E-state index contributed by atoms with van der Waals surface area (Å²) in [5.74, 6) is 2.41. The second-order valence-corrected chi connectivity index (χ2v) is 10.3. The van der Waals surface area contributed by atoms with Crippen molar-refractivity contribution in [1.82, 2.24) is 20.5 Å². The molecule has 3 atom stereocenters. The summed E-state index contributed by atoms with van der Waals surface area (Å²) in [6, 6.07) is 0.492. The molecule has 0 saturated heterocycles. The third kappa shape index (κ3) is 5.46. The van der Waals surface area contributed by atoms with Crippen molar-refractivity contribution in [1.29, 1.82) is 0 Å². The van der Waals surface area contributed by atoms with Gasteiger partial charge in [-0.2, -0.15) is 0 Å². The molecule has 3 unspecified atom stereocenters. The Balaban J connectivity index is 1.56. The molecule has 1 heterocycles. The molecule has 0 aromatic carbocycles. The first-order valence-corrected chi connectivity index (χ1v) is 11.3.